The molecule has 0 heterocycles. The third-order valence-electron chi connectivity index (χ3n) is 4.14. The van der Waals surface area contributed by atoms with Crippen molar-refractivity contribution in [3.05, 3.63) is 35.9 Å². The van der Waals surface area contributed by atoms with Crippen LogP contribution in [-0.4, -0.2) is 19.2 Å². The number of esters is 1. The van der Waals surface area contributed by atoms with E-state index < -0.39 is 0 Å². The lowest BCUT2D eigenvalue weighted by Gasteiger charge is -2.12. The van der Waals surface area contributed by atoms with E-state index in [1.165, 1.54) is 44.9 Å². The minimum atomic E-state index is -0.206. The van der Waals surface area contributed by atoms with Gasteiger partial charge in [-0.3, -0.25) is 4.79 Å². The molecule has 0 fully saturated rings. The molecule has 3 nitrogen and oxygen atoms in total. The number of unbranched alkanes of at least 4 members (excludes halogenated alkanes) is 7. The normalized spacial score (nSPS) is 12.1. The topological polar surface area (TPSA) is 35.5 Å². The van der Waals surface area contributed by atoms with Gasteiger partial charge in [0.2, 0.25) is 0 Å². The van der Waals surface area contributed by atoms with E-state index in [9.17, 15) is 4.79 Å². The van der Waals surface area contributed by atoms with Crippen LogP contribution in [0.3, 0.4) is 0 Å². The monoisotopic (exact) mass is 334 g/mol. The van der Waals surface area contributed by atoms with E-state index in [-0.39, 0.29) is 11.9 Å². The second kappa shape index (κ2) is 14.0. The molecule has 0 saturated carbocycles. The second-order valence-corrected chi connectivity index (χ2v) is 6.54. The van der Waals surface area contributed by atoms with Gasteiger partial charge < -0.3 is 9.47 Å². The lowest BCUT2D eigenvalue weighted by atomic mass is 10.1. The van der Waals surface area contributed by atoms with Crippen LogP contribution in [0, 0.1) is 5.92 Å². The quantitative estimate of drug-likeness (QED) is 0.332. The minimum Gasteiger partial charge on any atom is -0.461 e. The average Bonchev–Trinajstić information content (AvgIpc) is 2.62. The van der Waals surface area contributed by atoms with Crippen LogP contribution in [0.1, 0.15) is 70.8 Å². The van der Waals surface area contributed by atoms with Crippen molar-refractivity contribution in [3.8, 4) is 0 Å². The summed E-state index contributed by atoms with van der Waals surface area (Å²) >= 11 is 0. The molecular formula is C21H34O3. The molecule has 3 heteroatoms. The minimum absolute atomic E-state index is 0.185. The van der Waals surface area contributed by atoms with Gasteiger partial charge in [0, 0.05) is 6.61 Å². The molecule has 1 aromatic rings. The fraction of sp³-hybridized carbons (Fsp3) is 0.667. The molecular weight excluding hydrogens is 300 g/mol. The molecule has 0 saturated heterocycles. The maximum atomic E-state index is 11.9. The number of hydrogen-bond acceptors (Lipinski definition) is 3. The Balaban J connectivity index is 1.95. The second-order valence-electron chi connectivity index (χ2n) is 6.54. The summed E-state index contributed by atoms with van der Waals surface area (Å²) in [6, 6.07) is 9.75. The van der Waals surface area contributed by atoms with Crippen molar-refractivity contribution >= 4 is 5.97 Å². The van der Waals surface area contributed by atoms with Gasteiger partial charge in [-0.25, -0.2) is 0 Å². The molecule has 136 valence electrons. The van der Waals surface area contributed by atoms with Gasteiger partial charge in [0.15, 0.2) is 0 Å². The molecule has 0 amide bonds. The standard InChI is InChI=1S/C21H34O3/c1-3-4-5-6-7-8-9-13-16-23-17-19(2)21(22)24-18-20-14-11-10-12-15-20/h10-12,14-15,19H,3-9,13,16-18H2,1-2H3. The summed E-state index contributed by atoms with van der Waals surface area (Å²) in [7, 11) is 0. The summed E-state index contributed by atoms with van der Waals surface area (Å²) in [5, 5.41) is 0. The van der Waals surface area contributed by atoms with Crippen LogP contribution in [0.2, 0.25) is 0 Å². The van der Waals surface area contributed by atoms with E-state index in [0.29, 0.717) is 13.2 Å². The maximum Gasteiger partial charge on any atom is 0.311 e. The van der Waals surface area contributed by atoms with E-state index in [0.717, 1.165) is 18.6 Å². The van der Waals surface area contributed by atoms with Crippen LogP contribution in [0.25, 0.3) is 0 Å². The Morgan fingerprint density at radius 3 is 2.25 bits per heavy atom. The molecule has 24 heavy (non-hydrogen) atoms. The zero-order chi connectivity index (χ0) is 17.5. The van der Waals surface area contributed by atoms with E-state index in [1.54, 1.807) is 0 Å². The highest BCUT2D eigenvalue weighted by Gasteiger charge is 2.14. The van der Waals surface area contributed by atoms with Gasteiger partial charge in [-0.1, -0.05) is 82.2 Å². The van der Waals surface area contributed by atoms with Crippen molar-refractivity contribution in [1.82, 2.24) is 0 Å². The summed E-state index contributed by atoms with van der Waals surface area (Å²) in [6.07, 6.45) is 10.3. The first-order valence-electron chi connectivity index (χ1n) is 9.52. The molecule has 1 aromatic carbocycles. The van der Waals surface area contributed by atoms with Crippen LogP contribution in [-0.2, 0) is 20.9 Å². The van der Waals surface area contributed by atoms with E-state index in [4.69, 9.17) is 9.47 Å². The Kier molecular flexibility index (Phi) is 12.1. The predicted molar refractivity (Wildman–Crippen MR) is 98.8 cm³/mol. The Hall–Kier alpha value is -1.35. The third kappa shape index (κ3) is 10.4. The summed E-state index contributed by atoms with van der Waals surface area (Å²) in [5.41, 5.74) is 1.01. The Bertz CT molecular complexity index is 416. The highest BCUT2D eigenvalue weighted by Crippen LogP contribution is 2.09. The number of rotatable bonds is 14. The molecule has 1 unspecified atom stereocenters. The number of ether oxygens (including phenoxy) is 2. The summed E-state index contributed by atoms with van der Waals surface area (Å²) in [4.78, 5) is 11.9. The highest BCUT2D eigenvalue weighted by atomic mass is 16.5. The van der Waals surface area contributed by atoms with E-state index >= 15 is 0 Å². The largest absolute Gasteiger partial charge is 0.461 e. The molecule has 1 rings (SSSR count). The lowest BCUT2D eigenvalue weighted by Crippen LogP contribution is -2.20. The average molecular weight is 334 g/mol. The van der Waals surface area contributed by atoms with Gasteiger partial charge in [-0.05, 0) is 18.9 Å². The van der Waals surface area contributed by atoms with E-state index in [1.807, 2.05) is 37.3 Å². The van der Waals surface area contributed by atoms with E-state index in [2.05, 4.69) is 6.92 Å². The van der Waals surface area contributed by atoms with Gasteiger partial charge in [-0.2, -0.15) is 0 Å². The number of benzene rings is 1. The van der Waals surface area contributed by atoms with Crippen LogP contribution in [0.15, 0.2) is 30.3 Å². The smallest absolute Gasteiger partial charge is 0.311 e. The first-order valence-corrected chi connectivity index (χ1v) is 9.52. The van der Waals surface area contributed by atoms with Crippen molar-refractivity contribution in [3.63, 3.8) is 0 Å². The van der Waals surface area contributed by atoms with Gasteiger partial charge >= 0.3 is 5.97 Å². The molecule has 0 spiro atoms. The third-order valence-corrected chi connectivity index (χ3v) is 4.14. The number of hydrogen-bond donors (Lipinski definition) is 0. The fourth-order valence-corrected chi connectivity index (χ4v) is 2.54. The summed E-state index contributed by atoms with van der Waals surface area (Å²) in [6.45, 7) is 5.63. The fourth-order valence-electron chi connectivity index (χ4n) is 2.54. The van der Waals surface area contributed by atoms with Crippen LogP contribution < -0.4 is 0 Å². The molecule has 0 aliphatic carbocycles. The van der Waals surface area contributed by atoms with Crippen molar-refractivity contribution in [1.29, 1.82) is 0 Å². The number of carbonyl (C=O) groups excluding carboxylic acids is 1. The summed E-state index contributed by atoms with van der Waals surface area (Å²) in [5.74, 6) is -0.391. The highest BCUT2D eigenvalue weighted by molar-refractivity contribution is 5.72. The first-order chi connectivity index (χ1) is 11.7. The molecule has 1 atom stereocenters. The predicted octanol–water partition coefficient (Wildman–Crippen LogP) is 5.52. The SMILES string of the molecule is CCCCCCCCCCOCC(C)C(=O)OCc1ccccc1. The molecule has 0 aromatic heterocycles. The Morgan fingerprint density at radius 1 is 0.958 bits per heavy atom. The maximum absolute atomic E-state index is 11.9. The van der Waals surface area contributed by atoms with Crippen molar-refractivity contribution in [2.24, 2.45) is 5.92 Å². The van der Waals surface area contributed by atoms with Gasteiger partial charge in [0.05, 0.1) is 12.5 Å². The van der Waals surface area contributed by atoms with Crippen LogP contribution in [0.4, 0.5) is 0 Å². The first kappa shape index (κ1) is 20.7. The van der Waals surface area contributed by atoms with Crippen LogP contribution >= 0.6 is 0 Å². The Labute approximate surface area is 147 Å². The molecule has 0 N–H and O–H groups in total. The zero-order valence-corrected chi connectivity index (χ0v) is 15.5. The van der Waals surface area contributed by atoms with Gasteiger partial charge in [0.25, 0.3) is 0 Å². The van der Waals surface area contributed by atoms with Crippen molar-refractivity contribution in [2.75, 3.05) is 13.2 Å². The molecule has 0 aliphatic heterocycles. The lowest BCUT2D eigenvalue weighted by molar-refractivity contribution is -0.151. The zero-order valence-electron chi connectivity index (χ0n) is 15.5. The summed E-state index contributed by atoms with van der Waals surface area (Å²) < 4.78 is 10.9. The van der Waals surface area contributed by atoms with Crippen LogP contribution in [0.5, 0.6) is 0 Å². The molecule has 0 bridgehead atoms. The molecule has 0 radical (unpaired) electrons. The van der Waals surface area contributed by atoms with Crippen molar-refractivity contribution in [2.45, 2.75) is 71.8 Å². The number of carbonyl (C=O) groups is 1. The Morgan fingerprint density at radius 2 is 1.58 bits per heavy atom. The van der Waals surface area contributed by atoms with Gasteiger partial charge in [-0.15, -0.1) is 0 Å². The van der Waals surface area contributed by atoms with Gasteiger partial charge in [0.1, 0.15) is 6.61 Å². The van der Waals surface area contributed by atoms with Crippen molar-refractivity contribution < 1.29 is 14.3 Å². The molecule has 0 aliphatic rings.